The van der Waals surface area contributed by atoms with E-state index in [-0.39, 0.29) is 10.8 Å². The Bertz CT molecular complexity index is 487. The minimum atomic E-state index is -0.0725. The number of aromatic hydroxyl groups is 1. The molecule has 0 heterocycles. The summed E-state index contributed by atoms with van der Waals surface area (Å²) in [6.45, 7) is 13.8. The Morgan fingerprint density at radius 1 is 1.05 bits per heavy atom. The fraction of sp³-hybridized carbons (Fsp3) is 0.556. The Morgan fingerprint density at radius 3 is 2.10 bits per heavy atom. The lowest BCUT2D eigenvalue weighted by Crippen LogP contribution is -2.17. The molecule has 0 saturated carbocycles. The van der Waals surface area contributed by atoms with Crippen LogP contribution < -0.4 is 5.32 Å². The highest BCUT2D eigenvalue weighted by Crippen LogP contribution is 2.38. The summed E-state index contributed by atoms with van der Waals surface area (Å²) in [6, 6.07) is 4.24. The second kappa shape index (κ2) is 6.01. The number of nitrogens with one attached hydrogen (secondary N) is 1. The van der Waals surface area contributed by atoms with Gasteiger partial charge in [0.05, 0.1) is 0 Å². The van der Waals surface area contributed by atoms with E-state index in [1.54, 1.807) is 0 Å². The van der Waals surface area contributed by atoms with Crippen LogP contribution in [0.2, 0.25) is 0 Å². The molecule has 0 amide bonds. The van der Waals surface area contributed by atoms with Crippen molar-refractivity contribution in [3.05, 3.63) is 34.9 Å². The van der Waals surface area contributed by atoms with Crippen LogP contribution in [0.5, 0.6) is 5.75 Å². The minimum absolute atomic E-state index is 0.0687. The third kappa shape index (κ3) is 4.11. The largest absolute Gasteiger partial charge is 0.507 e. The first-order valence-corrected chi connectivity index (χ1v) is 7.26. The zero-order valence-corrected chi connectivity index (χ0v) is 14.0. The molecule has 0 aromatic heterocycles. The first kappa shape index (κ1) is 16.8. The van der Waals surface area contributed by atoms with Gasteiger partial charge in [-0.05, 0) is 29.5 Å². The molecule has 1 aromatic rings. The summed E-state index contributed by atoms with van der Waals surface area (Å²) < 4.78 is 0. The van der Waals surface area contributed by atoms with E-state index in [1.165, 1.54) is 5.56 Å². The van der Waals surface area contributed by atoms with E-state index >= 15 is 0 Å². The molecule has 0 aliphatic rings. The number of benzene rings is 1. The lowest BCUT2D eigenvalue weighted by Gasteiger charge is -2.27. The second-order valence-electron chi connectivity index (χ2n) is 7.42. The van der Waals surface area contributed by atoms with Crippen molar-refractivity contribution in [2.75, 3.05) is 13.6 Å². The van der Waals surface area contributed by atoms with Crippen molar-refractivity contribution in [1.29, 1.82) is 0 Å². The summed E-state index contributed by atoms with van der Waals surface area (Å²) in [5, 5.41) is 13.6. The zero-order chi connectivity index (χ0) is 15.6. The molecule has 0 aliphatic heterocycles. The van der Waals surface area contributed by atoms with E-state index in [9.17, 15) is 5.11 Å². The lowest BCUT2D eigenvalue weighted by atomic mass is 9.79. The highest BCUT2D eigenvalue weighted by atomic mass is 16.3. The molecule has 1 aromatic carbocycles. The summed E-state index contributed by atoms with van der Waals surface area (Å²) in [5.74, 6) is 0.401. The van der Waals surface area contributed by atoms with Crippen LogP contribution in [-0.2, 0) is 10.8 Å². The topological polar surface area (TPSA) is 32.3 Å². The van der Waals surface area contributed by atoms with Crippen molar-refractivity contribution in [2.24, 2.45) is 0 Å². The molecule has 2 N–H and O–H groups in total. The van der Waals surface area contributed by atoms with E-state index < -0.39 is 0 Å². The van der Waals surface area contributed by atoms with Crippen LogP contribution in [0.3, 0.4) is 0 Å². The Hall–Kier alpha value is -1.28. The monoisotopic (exact) mass is 275 g/mol. The van der Waals surface area contributed by atoms with Gasteiger partial charge >= 0.3 is 0 Å². The summed E-state index contributed by atoms with van der Waals surface area (Å²) in [4.78, 5) is 0. The van der Waals surface area contributed by atoms with Gasteiger partial charge in [-0.2, -0.15) is 0 Å². The maximum atomic E-state index is 10.5. The quantitative estimate of drug-likeness (QED) is 0.865. The summed E-state index contributed by atoms with van der Waals surface area (Å²) >= 11 is 0. The molecule has 20 heavy (non-hydrogen) atoms. The Balaban J connectivity index is 3.43. The van der Waals surface area contributed by atoms with Crippen molar-refractivity contribution < 1.29 is 5.11 Å². The number of likely N-dealkylation sites (N-methyl/N-ethyl adjacent to an activating group) is 1. The Kier molecular flexibility index (Phi) is 5.04. The van der Waals surface area contributed by atoms with Gasteiger partial charge in [0.15, 0.2) is 0 Å². The molecule has 0 unspecified atom stereocenters. The van der Waals surface area contributed by atoms with E-state index in [0.29, 0.717) is 5.75 Å². The number of hydrogen-bond acceptors (Lipinski definition) is 2. The van der Waals surface area contributed by atoms with Gasteiger partial charge in [-0.15, -0.1) is 0 Å². The van der Waals surface area contributed by atoms with Crippen LogP contribution in [0.15, 0.2) is 18.2 Å². The number of hydrogen-bond donors (Lipinski definition) is 2. The first-order chi connectivity index (χ1) is 9.07. The van der Waals surface area contributed by atoms with Crippen LogP contribution >= 0.6 is 0 Å². The summed E-state index contributed by atoms with van der Waals surface area (Å²) in [6.07, 6.45) is 4.03. The highest BCUT2D eigenvalue weighted by molar-refractivity contribution is 5.62. The van der Waals surface area contributed by atoms with Gasteiger partial charge in [0.2, 0.25) is 0 Å². The number of phenols is 1. The van der Waals surface area contributed by atoms with E-state index in [1.807, 2.05) is 19.2 Å². The maximum Gasteiger partial charge on any atom is 0.126 e. The molecule has 0 bridgehead atoms. The fourth-order valence-electron chi connectivity index (χ4n) is 2.09. The van der Waals surface area contributed by atoms with Gasteiger partial charge in [-0.3, -0.25) is 0 Å². The molecular formula is C18H29NO. The van der Waals surface area contributed by atoms with Crippen LogP contribution in [0, 0.1) is 0 Å². The van der Waals surface area contributed by atoms with Gasteiger partial charge < -0.3 is 10.4 Å². The fourth-order valence-corrected chi connectivity index (χ4v) is 2.09. The molecule has 0 spiro atoms. The Labute approximate surface area is 123 Å². The molecule has 0 fully saturated rings. The molecular weight excluding hydrogens is 246 g/mol. The lowest BCUT2D eigenvalue weighted by molar-refractivity contribution is 0.443. The van der Waals surface area contributed by atoms with E-state index in [4.69, 9.17) is 0 Å². The molecule has 0 atom stereocenters. The smallest absolute Gasteiger partial charge is 0.126 e. The van der Waals surface area contributed by atoms with Crippen molar-refractivity contribution >= 4 is 6.08 Å². The highest BCUT2D eigenvalue weighted by Gasteiger charge is 2.24. The summed E-state index contributed by atoms with van der Waals surface area (Å²) in [7, 11) is 1.91. The minimum Gasteiger partial charge on any atom is -0.507 e. The van der Waals surface area contributed by atoms with Gasteiger partial charge in [0, 0.05) is 17.7 Å². The third-order valence-corrected chi connectivity index (χ3v) is 3.43. The molecule has 1 rings (SSSR count). The number of phenolic OH excluding ortho intramolecular Hbond substituents is 1. The zero-order valence-electron chi connectivity index (χ0n) is 14.0. The average Bonchev–Trinajstić information content (AvgIpc) is 2.28. The van der Waals surface area contributed by atoms with Crippen molar-refractivity contribution in [3.63, 3.8) is 0 Å². The second-order valence-corrected chi connectivity index (χ2v) is 7.42. The standard InChI is InChI=1S/C18H29NO/c1-17(2,3)14-11-13(9-8-10-19-7)16(20)15(12-14)18(4,5)6/h8-9,11-12,19-20H,10H2,1-7H3. The van der Waals surface area contributed by atoms with Gasteiger partial charge in [-0.1, -0.05) is 59.8 Å². The van der Waals surface area contributed by atoms with Crippen LogP contribution in [0.4, 0.5) is 0 Å². The summed E-state index contributed by atoms with van der Waals surface area (Å²) in [5.41, 5.74) is 3.16. The van der Waals surface area contributed by atoms with Gasteiger partial charge in [0.1, 0.15) is 5.75 Å². The number of rotatable bonds is 3. The molecule has 2 nitrogen and oxygen atoms in total. The predicted octanol–water partition coefficient (Wildman–Crippen LogP) is 4.22. The van der Waals surface area contributed by atoms with Crippen molar-refractivity contribution in [2.45, 2.75) is 52.4 Å². The normalized spacial score (nSPS) is 13.2. The SMILES string of the molecule is CNCC=Cc1cc(C(C)(C)C)cc(C(C)(C)C)c1O. The molecule has 2 heteroatoms. The molecule has 0 saturated heterocycles. The first-order valence-electron chi connectivity index (χ1n) is 7.26. The van der Waals surface area contributed by atoms with Gasteiger partial charge in [0.25, 0.3) is 0 Å². The van der Waals surface area contributed by atoms with E-state index in [0.717, 1.165) is 17.7 Å². The predicted molar refractivity (Wildman–Crippen MR) is 88.5 cm³/mol. The van der Waals surface area contributed by atoms with Crippen LogP contribution in [-0.4, -0.2) is 18.7 Å². The van der Waals surface area contributed by atoms with Crippen molar-refractivity contribution in [1.82, 2.24) is 5.32 Å². The molecule has 0 radical (unpaired) electrons. The van der Waals surface area contributed by atoms with Crippen LogP contribution in [0.1, 0.15) is 58.2 Å². The average molecular weight is 275 g/mol. The maximum absolute atomic E-state index is 10.5. The van der Waals surface area contributed by atoms with Gasteiger partial charge in [-0.25, -0.2) is 0 Å². The van der Waals surface area contributed by atoms with E-state index in [2.05, 4.69) is 59.0 Å². The Morgan fingerprint density at radius 2 is 1.65 bits per heavy atom. The molecule has 0 aliphatic carbocycles. The van der Waals surface area contributed by atoms with Crippen molar-refractivity contribution in [3.8, 4) is 5.75 Å². The molecule has 112 valence electrons. The van der Waals surface area contributed by atoms with Crippen LogP contribution in [0.25, 0.3) is 6.08 Å². The third-order valence-electron chi connectivity index (χ3n) is 3.43.